The maximum atomic E-state index is 13.5. The summed E-state index contributed by atoms with van der Waals surface area (Å²) in [4.78, 5) is 38.4. The quantitative estimate of drug-likeness (QED) is 0.181. The second-order valence-electron chi connectivity index (χ2n) is 8.52. The molecule has 2 heterocycles. The Morgan fingerprint density at radius 2 is 1.75 bits per heavy atom. The van der Waals surface area contributed by atoms with Crippen LogP contribution in [-0.2, 0) is 9.59 Å². The van der Waals surface area contributed by atoms with Crippen molar-refractivity contribution in [1.82, 2.24) is 9.88 Å². The van der Waals surface area contributed by atoms with Gasteiger partial charge in [-0.1, -0.05) is 12.1 Å². The highest BCUT2D eigenvalue weighted by molar-refractivity contribution is 7.80. The van der Waals surface area contributed by atoms with Crippen LogP contribution in [0.15, 0.2) is 48.0 Å². The van der Waals surface area contributed by atoms with Gasteiger partial charge >= 0.3 is 0 Å². The number of carbonyl (C=O) groups is 2. The summed E-state index contributed by atoms with van der Waals surface area (Å²) in [6, 6.07) is 11.9. The van der Waals surface area contributed by atoms with Gasteiger partial charge in [0.25, 0.3) is 17.5 Å². The molecule has 0 radical (unpaired) electrons. The van der Waals surface area contributed by atoms with Gasteiger partial charge in [-0.05, 0) is 80.9 Å². The third kappa shape index (κ3) is 4.27. The number of nitrogens with zero attached hydrogens (tertiary/aromatic N) is 3. The van der Waals surface area contributed by atoms with Crippen LogP contribution in [0.3, 0.4) is 0 Å². The van der Waals surface area contributed by atoms with E-state index in [-0.39, 0.29) is 16.4 Å². The lowest BCUT2D eigenvalue weighted by molar-refractivity contribution is -0.384. The minimum atomic E-state index is -0.579. The zero-order valence-corrected chi connectivity index (χ0v) is 21.2. The zero-order valence-electron chi connectivity index (χ0n) is 20.4. The molecule has 3 aromatic rings. The number of nitro groups is 1. The monoisotopic (exact) mass is 504 g/mol. The summed E-state index contributed by atoms with van der Waals surface area (Å²) in [5.41, 5.74) is 5.01. The summed E-state index contributed by atoms with van der Waals surface area (Å²) in [7, 11) is 1.44. The predicted octanol–water partition coefficient (Wildman–Crippen LogP) is 4.46. The zero-order chi connectivity index (χ0) is 26.3. The number of benzene rings is 2. The normalized spacial score (nSPS) is 14.9. The van der Waals surface area contributed by atoms with Crippen LogP contribution in [0.2, 0.25) is 0 Å². The topological polar surface area (TPSA) is 107 Å². The summed E-state index contributed by atoms with van der Waals surface area (Å²) in [5.74, 6) is -0.775. The van der Waals surface area contributed by atoms with Gasteiger partial charge in [-0.25, -0.2) is 0 Å². The Morgan fingerprint density at radius 1 is 1.03 bits per heavy atom. The van der Waals surface area contributed by atoms with Gasteiger partial charge in [0.05, 0.1) is 29.5 Å². The predicted molar refractivity (Wildman–Crippen MR) is 141 cm³/mol. The number of anilines is 1. The Hall–Kier alpha value is -4.31. The van der Waals surface area contributed by atoms with Crippen molar-refractivity contribution in [2.24, 2.45) is 0 Å². The number of thiocarbonyl (C=S) groups is 1. The van der Waals surface area contributed by atoms with Crippen LogP contribution in [0.5, 0.6) is 5.75 Å². The molecular formula is C26H24N4O5S. The Labute approximate surface area is 213 Å². The molecule has 0 unspecified atom stereocenters. The van der Waals surface area contributed by atoms with E-state index in [0.717, 1.165) is 22.5 Å². The van der Waals surface area contributed by atoms with E-state index in [9.17, 15) is 19.7 Å². The average molecular weight is 505 g/mol. The number of nitrogens with one attached hydrogen (secondary N) is 1. The molecule has 9 nitrogen and oxygen atoms in total. The SMILES string of the molecule is COc1cc([N+](=O)[O-])ccc1-n1c(C)cc(/C=C2\C(=O)NC(=S)N(c3cc(C)ccc3C)C2=O)c1C. The van der Waals surface area contributed by atoms with E-state index >= 15 is 0 Å². The minimum Gasteiger partial charge on any atom is -0.494 e. The van der Waals surface area contributed by atoms with E-state index in [2.05, 4.69) is 5.32 Å². The summed E-state index contributed by atoms with van der Waals surface area (Å²) < 4.78 is 7.26. The van der Waals surface area contributed by atoms with Gasteiger partial charge in [-0.2, -0.15) is 0 Å². The van der Waals surface area contributed by atoms with Crippen molar-refractivity contribution >= 4 is 46.6 Å². The molecule has 1 N–H and O–H groups in total. The van der Waals surface area contributed by atoms with Crippen LogP contribution >= 0.6 is 12.2 Å². The molecule has 0 bridgehead atoms. The maximum Gasteiger partial charge on any atom is 0.273 e. The molecule has 1 fully saturated rings. The maximum absolute atomic E-state index is 13.5. The van der Waals surface area contributed by atoms with Gasteiger partial charge in [-0.15, -0.1) is 0 Å². The molecule has 1 aromatic heterocycles. The number of carbonyl (C=O) groups excluding carboxylic acids is 2. The molecule has 36 heavy (non-hydrogen) atoms. The van der Waals surface area contributed by atoms with Crippen molar-refractivity contribution in [2.45, 2.75) is 27.7 Å². The first kappa shape index (κ1) is 24.8. The number of amides is 2. The fourth-order valence-corrected chi connectivity index (χ4v) is 4.54. The minimum absolute atomic E-state index is 0.0249. The van der Waals surface area contributed by atoms with Gasteiger partial charge < -0.3 is 9.30 Å². The Morgan fingerprint density at radius 3 is 2.42 bits per heavy atom. The van der Waals surface area contributed by atoms with Gasteiger partial charge in [0.2, 0.25) is 0 Å². The third-order valence-corrected chi connectivity index (χ3v) is 6.38. The first-order valence-corrected chi connectivity index (χ1v) is 11.4. The van der Waals surface area contributed by atoms with Gasteiger partial charge in [0, 0.05) is 17.5 Å². The van der Waals surface area contributed by atoms with Gasteiger partial charge in [0.15, 0.2) is 5.11 Å². The highest BCUT2D eigenvalue weighted by atomic mass is 32.1. The van der Waals surface area contributed by atoms with Crippen molar-refractivity contribution in [3.8, 4) is 11.4 Å². The number of methoxy groups -OCH3 is 1. The molecular weight excluding hydrogens is 480 g/mol. The van der Waals surface area contributed by atoms with Crippen LogP contribution in [0, 0.1) is 37.8 Å². The van der Waals surface area contributed by atoms with E-state index in [0.29, 0.717) is 22.7 Å². The van der Waals surface area contributed by atoms with Crippen LogP contribution < -0.4 is 15.0 Å². The van der Waals surface area contributed by atoms with E-state index in [1.54, 1.807) is 6.07 Å². The number of aromatic nitrogens is 1. The van der Waals surface area contributed by atoms with Crippen molar-refractivity contribution < 1.29 is 19.2 Å². The lowest BCUT2D eigenvalue weighted by atomic mass is 10.0. The molecule has 0 atom stereocenters. The Balaban J connectivity index is 1.80. The molecule has 0 saturated carbocycles. The van der Waals surface area contributed by atoms with Crippen molar-refractivity contribution in [2.75, 3.05) is 12.0 Å². The molecule has 184 valence electrons. The number of nitro benzene ring substituents is 1. The van der Waals surface area contributed by atoms with Crippen LogP contribution in [-0.4, -0.2) is 33.5 Å². The second kappa shape index (κ2) is 9.38. The molecule has 10 heteroatoms. The third-order valence-electron chi connectivity index (χ3n) is 6.09. The van der Waals surface area contributed by atoms with E-state index < -0.39 is 16.7 Å². The summed E-state index contributed by atoms with van der Waals surface area (Å²) in [6.45, 7) is 7.47. The number of rotatable bonds is 5. The van der Waals surface area contributed by atoms with E-state index in [1.165, 1.54) is 30.2 Å². The summed E-state index contributed by atoms with van der Waals surface area (Å²) >= 11 is 5.33. The molecule has 4 rings (SSSR count). The molecule has 1 aliphatic rings. The fourth-order valence-electron chi connectivity index (χ4n) is 4.26. The lowest BCUT2D eigenvalue weighted by Crippen LogP contribution is -2.54. The standard InChI is InChI=1S/C26H24N4O5S/c1-14-6-7-15(2)22(10-14)29-25(32)20(24(31)27-26(29)36)12-18-11-16(3)28(17(18)4)21-9-8-19(30(33)34)13-23(21)35-5/h6-13H,1-5H3,(H,27,31,36)/b20-12+. The van der Waals surface area contributed by atoms with Crippen molar-refractivity contribution in [1.29, 1.82) is 0 Å². The number of hydrogen-bond acceptors (Lipinski definition) is 6. The first-order valence-electron chi connectivity index (χ1n) is 11.0. The molecule has 0 aliphatic carbocycles. The molecule has 0 spiro atoms. The number of non-ortho nitro benzene ring substituents is 1. The van der Waals surface area contributed by atoms with E-state index in [4.69, 9.17) is 17.0 Å². The summed E-state index contributed by atoms with van der Waals surface area (Å²) in [5, 5.41) is 13.8. The molecule has 1 aliphatic heterocycles. The van der Waals surface area contributed by atoms with Gasteiger partial charge in [0.1, 0.15) is 11.3 Å². The second-order valence-corrected chi connectivity index (χ2v) is 8.91. The Bertz CT molecular complexity index is 1490. The smallest absolute Gasteiger partial charge is 0.273 e. The van der Waals surface area contributed by atoms with Crippen LogP contribution in [0.4, 0.5) is 11.4 Å². The van der Waals surface area contributed by atoms with E-state index in [1.807, 2.05) is 56.5 Å². The summed E-state index contributed by atoms with van der Waals surface area (Å²) in [6.07, 6.45) is 1.54. The number of aryl methyl sites for hydroxylation is 3. The largest absolute Gasteiger partial charge is 0.494 e. The van der Waals surface area contributed by atoms with Crippen LogP contribution in [0.1, 0.15) is 28.1 Å². The number of ether oxygens (including phenoxy) is 1. The highest BCUT2D eigenvalue weighted by Gasteiger charge is 2.35. The Kier molecular flexibility index (Phi) is 6.47. The fraction of sp³-hybridized carbons (Fsp3) is 0.192. The van der Waals surface area contributed by atoms with Crippen molar-refractivity contribution in [3.63, 3.8) is 0 Å². The molecule has 2 aromatic carbocycles. The lowest BCUT2D eigenvalue weighted by Gasteiger charge is -2.30. The number of hydrogen-bond donors (Lipinski definition) is 1. The van der Waals surface area contributed by atoms with Crippen LogP contribution in [0.25, 0.3) is 11.8 Å². The average Bonchev–Trinajstić information content (AvgIpc) is 3.10. The highest BCUT2D eigenvalue weighted by Crippen LogP contribution is 2.33. The molecule has 2 amide bonds. The van der Waals surface area contributed by atoms with Gasteiger partial charge in [-0.3, -0.25) is 29.9 Å². The first-order chi connectivity index (χ1) is 17.0. The molecule has 1 saturated heterocycles. The van der Waals surface area contributed by atoms with Crippen molar-refractivity contribution in [3.05, 3.63) is 86.2 Å².